The van der Waals surface area contributed by atoms with Gasteiger partial charge in [-0.15, -0.1) is 0 Å². The minimum atomic E-state index is 0.238. The highest BCUT2D eigenvalue weighted by molar-refractivity contribution is 5.79. The van der Waals surface area contributed by atoms with Crippen LogP contribution >= 0.6 is 0 Å². The third-order valence-corrected chi connectivity index (χ3v) is 3.43. The molecule has 1 atom stereocenters. The third kappa shape index (κ3) is 2.94. The molecule has 0 aliphatic carbocycles. The van der Waals surface area contributed by atoms with Gasteiger partial charge in [0.25, 0.3) is 0 Å². The van der Waals surface area contributed by atoms with Crippen LogP contribution in [0.2, 0.25) is 0 Å². The summed E-state index contributed by atoms with van der Waals surface area (Å²) in [6, 6.07) is 0.433. The van der Waals surface area contributed by atoms with E-state index in [0.717, 1.165) is 38.8 Å². The summed E-state index contributed by atoms with van der Waals surface area (Å²) in [5, 5.41) is 3.18. The lowest BCUT2D eigenvalue weighted by Crippen LogP contribution is -2.43. The van der Waals surface area contributed by atoms with Gasteiger partial charge in [0.15, 0.2) is 0 Å². The van der Waals surface area contributed by atoms with Crippen molar-refractivity contribution in [2.45, 2.75) is 45.6 Å². The standard InChI is InChI=1S/C12H24N2O/c1-4-10(5-2)12(15)14-8-6-7-11(14)9-13-3/h10-11,13H,4-9H2,1-3H3. The molecule has 3 heteroatoms. The predicted molar refractivity (Wildman–Crippen MR) is 62.7 cm³/mol. The average molecular weight is 212 g/mol. The molecule has 0 saturated carbocycles. The van der Waals surface area contributed by atoms with E-state index in [-0.39, 0.29) is 5.92 Å². The van der Waals surface area contributed by atoms with Crippen LogP contribution in [0, 0.1) is 5.92 Å². The molecule has 1 rings (SSSR count). The van der Waals surface area contributed by atoms with Crippen molar-refractivity contribution in [2.24, 2.45) is 5.92 Å². The summed E-state index contributed by atoms with van der Waals surface area (Å²) in [4.78, 5) is 14.3. The molecule has 1 fully saturated rings. The minimum Gasteiger partial charge on any atom is -0.338 e. The van der Waals surface area contributed by atoms with E-state index in [1.165, 1.54) is 0 Å². The Balaban J connectivity index is 2.57. The highest BCUT2D eigenvalue weighted by Crippen LogP contribution is 2.21. The van der Waals surface area contributed by atoms with Gasteiger partial charge >= 0.3 is 0 Å². The van der Waals surface area contributed by atoms with Crippen molar-refractivity contribution >= 4 is 5.91 Å². The lowest BCUT2D eigenvalue weighted by molar-refractivity contribution is -0.136. The van der Waals surface area contributed by atoms with Gasteiger partial charge < -0.3 is 10.2 Å². The summed E-state index contributed by atoms with van der Waals surface area (Å²) >= 11 is 0. The van der Waals surface area contributed by atoms with Crippen LogP contribution < -0.4 is 5.32 Å². The van der Waals surface area contributed by atoms with Gasteiger partial charge in [-0.3, -0.25) is 4.79 Å². The second kappa shape index (κ2) is 6.11. The van der Waals surface area contributed by atoms with E-state index in [0.29, 0.717) is 11.9 Å². The highest BCUT2D eigenvalue weighted by atomic mass is 16.2. The van der Waals surface area contributed by atoms with Crippen molar-refractivity contribution in [1.82, 2.24) is 10.2 Å². The molecule has 15 heavy (non-hydrogen) atoms. The van der Waals surface area contributed by atoms with Crippen LogP contribution in [0.1, 0.15) is 39.5 Å². The van der Waals surface area contributed by atoms with Crippen LogP contribution in [-0.4, -0.2) is 37.0 Å². The van der Waals surface area contributed by atoms with Gasteiger partial charge in [-0.1, -0.05) is 13.8 Å². The van der Waals surface area contributed by atoms with Crippen molar-refractivity contribution in [3.8, 4) is 0 Å². The van der Waals surface area contributed by atoms with Crippen LogP contribution in [0.3, 0.4) is 0 Å². The number of likely N-dealkylation sites (tertiary alicyclic amines) is 1. The lowest BCUT2D eigenvalue weighted by Gasteiger charge is -2.28. The topological polar surface area (TPSA) is 32.3 Å². The summed E-state index contributed by atoms with van der Waals surface area (Å²) < 4.78 is 0. The first-order chi connectivity index (χ1) is 7.24. The Labute approximate surface area is 93.2 Å². The number of carbonyl (C=O) groups excluding carboxylic acids is 1. The van der Waals surface area contributed by atoms with Gasteiger partial charge in [-0.2, -0.15) is 0 Å². The molecule has 0 aromatic rings. The van der Waals surface area contributed by atoms with Crippen LogP contribution in [0.15, 0.2) is 0 Å². The largest absolute Gasteiger partial charge is 0.338 e. The fraction of sp³-hybridized carbons (Fsp3) is 0.917. The van der Waals surface area contributed by atoms with Crippen LogP contribution in [0.5, 0.6) is 0 Å². The molecule has 1 unspecified atom stereocenters. The average Bonchev–Trinajstić information content (AvgIpc) is 2.68. The van der Waals surface area contributed by atoms with Gasteiger partial charge in [0, 0.05) is 25.0 Å². The molecule has 1 aliphatic heterocycles. The number of nitrogens with zero attached hydrogens (tertiary/aromatic N) is 1. The fourth-order valence-corrected chi connectivity index (χ4v) is 2.45. The maximum Gasteiger partial charge on any atom is 0.225 e. The molecule has 1 amide bonds. The molecule has 0 spiro atoms. The first-order valence-corrected chi connectivity index (χ1v) is 6.19. The van der Waals surface area contributed by atoms with E-state index in [2.05, 4.69) is 24.1 Å². The summed E-state index contributed by atoms with van der Waals surface area (Å²) in [5.41, 5.74) is 0. The van der Waals surface area contributed by atoms with E-state index >= 15 is 0 Å². The maximum atomic E-state index is 12.2. The van der Waals surface area contributed by atoms with Crippen molar-refractivity contribution in [1.29, 1.82) is 0 Å². The Morgan fingerprint density at radius 1 is 1.47 bits per heavy atom. The number of likely N-dealkylation sites (N-methyl/N-ethyl adjacent to an activating group) is 1. The zero-order chi connectivity index (χ0) is 11.3. The van der Waals surface area contributed by atoms with Gasteiger partial charge in [-0.05, 0) is 32.7 Å². The Morgan fingerprint density at radius 3 is 2.67 bits per heavy atom. The molecule has 1 aliphatic rings. The van der Waals surface area contributed by atoms with Crippen molar-refractivity contribution in [2.75, 3.05) is 20.1 Å². The van der Waals surface area contributed by atoms with Gasteiger partial charge in [0.1, 0.15) is 0 Å². The zero-order valence-corrected chi connectivity index (χ0v) is 10.3. The van der Waals surface area contributed by atoms with Crippen LogP contribution in [0.25, 0.3) is 0 Å². The summed E-state index contributed by atoms with van der Waals surface area (Å²) in [6.07, 6.45) is 4.27. The van der Waals surface area contributed by atoms with Gasteiger partial charge in [-0.25, -0.2) is 0 Å². The highest BCUT2D eigenvalue weighted by Gasteiger charge is 2.30. The molecule has 0 aromatic heterocycles. The molecule has 1 heterocycles. The Hall–Kier alpha value is -0.570. The van der Waals surface area contributed by atoms with E-state index in [1.54, 1.807) is 0 Å². The molecular formula is C12H24N2O. The molecular weight excluding hydrogens is 188 g/mol. The number of hydrogen-bond acceptors (Lipinski definition) is 2. The number of hydrogen-bond donors (Lipinski definition) is 1. The molecule has 0 aromatic carbocycles. The number of nitrogens with one attached hydrogen (secondary N) is 1. The smallest absolute Gasteiger partial charge is 0.225 e. The summed E-state index contributed by atoms with van der Waals surface area (Å²) in [7, 11) is 1.96. The zero-order valence-electron chi connectivity index (χ0n) is 10.3. The first kappa shape index (κ1) is 12.5. The fourth-order valence-electron chi connectivity index (χ4n) is 2.45. The van der Waals surface area contributed by atoms with Crippen molar-refractivity contribution in [3.05, 3.63) is 0 Å². The van der Waals surface area contributed by atoms with Gasteiger partial charge in [0.2, 0.25) is 5.91 Å². The molecule has 1 N–H and O–H groups in total. The second-order valence-corrected chi connectivity index (χ2v) is 4.40. The minimum absolute atomic E-state index is 0.238. The lowest BCUT2D eigenvalue weighted by atomic mass is 10.0. The molecule has 1 saturated heterocycles. The van der Waals surface area contributed by atoms with Crippen LogP contribution in [-0.2, 0) is 4.79 Å². The SMILES string of the molecule is CCC(CC)C(=O)N1CCCC1CNC. The normalized spacial score (nSPS) is 21.3. The monoisotopic (exact) mass is 212 g/mol. The number of carbonyl (C=O) groups is 1. The van der Waals surface area contributed by atoms with E-state index in [1.807, 2.05) is 7.05 Å². The maximum absolute atomic E-state index is 12.2. The van der Waals surface area contributed by atoms with Gasteiger partial charge in [0.05, 0.1) is 0 Å². The quantitative estimate of drug-likeness (QED) is 0.751. The van der Waals surface area contributed by atoms with Crippen molar-refractivity contribution in [3.63, 3.8) is 0 Å². The first-order valence-electron chi connectivity index (χ1n) is 6.19. The molecule has 88 valence electrons. The third-order valence-electron chi connectivity index (χ3n) is 3.43. The number of rotatable bonds is 5. The van der Waals surface area contributed by atoms with E-state index in [9.17, 15) is 4.79 Å². The van der Waals surface area contributed by atoms with E-state index < -0.39 is 0 Å². The molecule has 0 radical (unpaired) electrons. The van der Waals surface area contributed by atoms with Crippen molar-refractivity contribution < 1.29 is 4.79 Å². The Bertz CT molecular complexity index is 202. The summed E-state index contributed by atoms with van der Waals surface area (Å²) in [6.45, 7) is 6.11. The Morgan fingerprint density at radius 2 is 2.13 bits per heavy atom. The predicted octanol–water partition coefficient (Wildman–Crippen LogP) is 1.63. The number of amides is 1. The molecule has 3 nitrogen and oxygen atoms in total. The van der Waals surface area contributed by atoms with Crippen LogP contribution in [0.4, 0.5) is 0 Å². The van der Waals surface area contributed by atoms with E-state index in [4.69, 9.17) is 0 Å². The Kier molecular flexibility index (Phi) is 5.09. The summed E-state index contributed by atoms with van der Waals surface area (Å²) in [5.74, 6) is 0.611. The molecule has 0 bridgehead atoms. The second-order valence-electron chi connectivity index (χ2n) is 4.40.